The Morgan fingerprint density at radius 2 is 1.88 bits per heavy atom. The Kier molecular flexibility index (Phi) is 6.42. The van der Waals surface area contributed by atoms with Crippen LogP contribution < -0.4 is 10.1 Å². The third-order valence-electron chi connectivity index (χ3n) is 3.64. The maximum Gasteiger partial charge on any atom is 0.244 e. The van der Waals surface area contributed by atoms with Crippen LogP contribution in [-0.4, -0.2) is 36.9 Å². The lowest BCUT2D eigenvalue weighted by Crippen LogP contribution is -2.27. The first-order valence-electron chi connectivity index (χ1n) is 7.68. The number of carbonyl (C=O) groups excluding carboxylic acids is 1. The molecule has 0 saturated heterocycles. The number of carbonyl (C=O) groups is 1. The summed E-state index contributed by atoms with van der Waals surface area (Å²) in [5.74, 6) is 0.278. The number of benzene rings is 2. The highest BCUT2D eigenvalue weighted by Gasteiger charge is 2.11. The van der Waals surface area contributed by atoms with Crippen LogP contribution in [0.5, 0.6) is 17.2 Å². The van der Waals surface area contributed by atoms with E-state index in [0.29, 0.717) is 11.3 Å². The molecule has 0 fully saturated rings. The summed E-state index contributed by atoms with van der Waals surface area (Å²) in [7, 11) is 3.03. The minimum Gasteiger partial charge on any atom is -0.508 e. The summed E-state index contributed by atoms with van der Waals surface area (Å²) in [6.07, 6.45) is 2.66. The maximum absolute atomic E-state index is 11.9. The van der Waals surface area contributed by atoms with Crippen LogP contribution in [0, 0.1) is 0 Å². The normalized spacial score (nSPS) is 12.1. The number of phenols is 2. The van der Waals surface area contributed by atoms with Crippen LogP contribution in [0.3, 0.4) is 0 Å². The van der Waals surface area contributed by atoms with Gasteiger partial charge in [-0.2, -0.15) is 0 Å². The van der Waals surface area contributed by atoms with E-state index < -0.39 is 0 Å². The number of ether oxygens (including phenoxy) is 2. The van der Waals surface area contributed by atoms with Crippen molar-refractivity contribution in [1.82, 2.24) is 5.32 Å². The molecule has 0 aliphatic heterocycles. The summed E-state index contributed by atoms with van der Waals surface area (Å²) < 4.78 is 10.3. The fraction of sp³-hybridized carbons (Fsp3) is 0.211. The number of rotatable bonds is 7. The molecule has 0 bridgehead atoms. The highest BCUT2D eigenvalue weighted by molar-refractivity contribution is 5.91. The molecular formula is C19H21NO5. The van der Waals surface area contributed by atoms with Crippen molar-refractivity contribution >= 4 is 12.0 Å². The van der Waals surface area contributed by atoms with E-state index in [-0.39, 0.29) is 30.1 Å². The van der Waals surface area contributed by atoms with Gasteiger partial charge in [-0.15, -0.1) is 0 Å². The predicted octanol–water partition coefficient (Wildman–Crippen LogP) is 2.62. The van der Waals surface area contributed by atoms with Gasteiger partial charge < -0.3 is 25.0 Å². The highest BCUT2D eigenvalue weighted by atomic mass is 16.5. The molecule has 132 valence electrons. The van der Waals surface area contributed by atoms with Crippen molar-refractivity contribution < 1.29 is 24.5 Å². The van der Waals surface area contributed by atoms with Gasteiger partial charge in [-0.25, -0.2) is 0 Å². The van der Waals surface area contributed by atoms with Crippen LogP contribution in [0.25, 0.3) is 6.08 Å². The summed E-state index contributed by atoms with van der Waals surface area (Å²) in [4.78, 5) is 11.9. The molecule has 2 aromatic rings. The van der Waals surface area contributed by atoms with Crippen LogP contribution >= 0.6 is 0 Å². The molecule has 0 aromatic heterocycles. The number of aromatic hydroxyl groups is 2. The number of nitrogens with one attached hydrogen (secondary N) is 1. The molecule has 0 aliphatic rings. The van der Waals surface area contributed by atoms with Gasteiger partial charge in [0.15, 0.2) is 11.5 Å². The zero-order chi connectivity index (χ0) is 18.2. The first-order chi connectivity index (χ1) is 12.0. The molecule has 0 unspecified atom stereocenters. The molecule has 1 atom stereocenters. The van der Waals surface area contributed by atoms with Crippen molar-refractivity contribution in [2.75, 3.05) is 20.8 Å². The smallest absolute Gasteiger partial charge is 0.244 e. The number of hydrogen-bond acceptors (Lipinski definition) is 5. The quantitative estimate of drug-likeness (QED) is 0.673. The van der Waals surface area contributed by atoms with Gasteiger partial charge >= 0.3 is 0 Å². The van der Waals surface area contributed by atoms with Crippen LogP contribution in [0.2, 0.25) is 0 Å². The Balaban J connectivity index is 1.92. The van der Waals surface area contributed by atoms with E-state index in [2.05, 4.69) is 5.32 Å². The second kappa shape index (κ2) is 8.75. The van der Waals surface area contributed by atoms with Crippen molar-refractivity contribution in [2.24, 2.45) is 0 Å². The SMILES string of the molecule is COc1ccc(/C=C/C(=O)NC[C@H](OC)c2ccc(O)cc2)cc1O. The number of phenolic OH excluding ortho intramolecular Hbond substituents is 2. The Morgan fingerprint density at radius 3 is 2.48 bits per heavy atom. The van der Waals surface area contributed by atoms with E-state index in [4.69, 9.17) is 9.47 Å². The van der Waals surface area contributed by atoms with E-state index >= 15 is 0 Å². The summed E-state index contributed by atoms with van der Waals surface area (Å²) in [6.45, 7) is 0.290. The fourth-order valence-electron chi connectivity index (χ4n) is 2.26. The summed E-state index contributed by atoms with van der Waals surface area (Å²) >= 11 is 0. The molecule has 1 amide bonds. The molecule has 0 radical (unpaired) electrons. The maximum atomic E-state index is 11.9. The first kappa shape index (κ1) is 18.4. The average Bonchev–Trinajstić information content (AvgIpc) is 2.62. The number of amides is 1. The van der Waals surface area contributed by atoms with Gasteiger partial charge in [0.2, 0.25) is 5.91 Å². The molecule has 0 aliphatic carbocycles. The second-order valence-corrected chi connectivity index (χ2v) is 5.33. The Morgan fingerprint density at radius 1 is 1.16 bits per heavy atom. The Labute approximate surface area is 146 Å². The van der Waals surface area contributed by atoms with Gasteiger partial charge in [-0.05, 0) is 41.5 Å². The minimum absolute atomic E-state index is 0.0110. The van der Waals surface area contributed by atoms with E-state index in [1.165, 1.54) is 19.3 Å². The molecule has 2 rings (SSSR count). The number of methoxy groups -OCH3 is 2. The van der Waals surface area contributed by atoms with Crippen LogP contribution in [0.4, 0.5) is 0 Å². The molecule has 0 saturated carbocycles. The largest absolute Gasteiger partial charge is 0.508 e. The summed E-state index contributed by atoms with van der Waals surface area (Å²) in [5.41, 5.74) is 1.53. The molecule has 2 aromatic carbocycles. The summed E-state index contributed by atoms with van der Waals surface area (Å²) in [6, 6.07) is 11.5. The van der Waals surface area contributed by atoms with Gasteiger partial charge in [0.1, 0.15) is 5.75 Å². The monoisotopic (exact) mass is 343 g/mol. The standard InChI is InChI=1S/C19H21NO5/c1-24-17-9-3-13(11-16(17)22)4-10-19(23)20-12-18(25-2)14-5-7-15(21)8-6-14/h3-11,18,21-22H,12H2,1-2H3,(H,20,23)/b10-4+/t18-/m0/s1. The molecule has 0 spiro atoms. The molecular weight excluding hydrogens is 322 g/mol. The third-order valence-corrected chi connectivity index (χ3v) is 3.64. The lowest BCUT2D eigenvalue weighted by molar-refractivity contribution is -0.117. The lowest BCUT2D eigenvalue weighted by Gasteiger charge is -2.16. The van der Waals surface area contributed by atoms with E-state index in [1.807, 2.05) is 0 Å². The van der Waals surface area contributed by atoms with Crippen molar-refractivity contribution in [3.63, 3.8) is 0 Å². The van der Waals surface area contributed by atoms with Gasteiger partial charge in [0, 0.05) is 19.7 Å². The number of hydrogen-bond donors (Lipinski definition) is 3. The lowest BCUT2D eigenvalue weighted by atomic mass is 10.1. The van der Waals surface area contributed by atoms with Crippen LogP contribution in [-0.2, 0) is 9.53 Å². The zero-order valence-electron chi connectivity index (χ0n) is 14.1. The van der Waals surface area contributed by atoms with Crippen molar-refractivity contribution in [2.45, 2.75) is 6.10 Å². The van der Waals surface area contributed by atoms with Gasteiger partial charge in [-0.1, -0.05) is 18.2 Å². The first-order valence-corrected chi connectivity index (χ1v) is 7.68. The van der Waals surface area contributed by atoms with Crippen molar-refractivity contribution in [3.05, 3.63) is 59.7 Å². The fourth-order valence-corrected chi connectivity index (χ4v) is 2.26. The highest BCUT2D eigenvalue weighted by Crippen LogP contribution is 2.26. The van der Waals surface area contributed by atoms with E-state index in [1.54, 1.807) is 49.6 Å². The van der Waals surface area contributed by atoms with Crippen molar-refractivity contribution in [1.29, 1.82) is 0 Å². The summed E-state index contributed by atoms with van der Waals surface area (Å²) in [5, 5.41) is 21.8. The molecule has 3 N–H and O–H groups in total. The topological polar surface area (TPSA) is 88.0 Å². The van der Waals surface area contributed by atoms with E-state index in [9.17, 15) is 15.0 Å². The second-order valence-electron chi connectivity index (χ2n) is 5.33. The molecule has 6 nitrogen and oxygen atoms in total. The van der Waals surface area contributed by atoms with Gasteiger partial charge in [-0.3, -0.25) is 4.79 Å². The molecule has 25 heavy (non-hydrogen) atoms. The molecule has 6 heteroatoms. The van der Waals surface area contributed by atoms with Crippen LogP contribution in [0.1, 0.15) is 17.2 Å². The van der Waals surface area contributed by atoms with E-state index in [0.717, 1.165) is 5.56 Å². The zero-order valence-corrected chi connectivity index (χ0v) is 14.1. The van der Waals surface area contributed by atoms with Crippen LogP contribution in [0.15, 0.2) is 48.5 Å². The molecule has 0 heterocycles. The average molecular weight is 343 g/mol. The minimum atomic E-state index is -0.317. The third kappa shape index (κ3) is 5.26. The Hall–Kier alpha value is -2.99. The Bertz CT molecular complexity index is 740. The van der Waals surface area contributed by atoms with Gasteiger partial charge in [0.05, 0.1) is 13.2 Å². The predicted molar refractivity (Wildman–Crippen MR) is 94.6 cm³/mol. The van der Waals surface area contributed by atoms with Crippen molar-refractivity contribution in [3.8, 4) is 17.2 Å². The van der Waals surface area contributed by atoms with Gasteiger partial charge in [0.25, 0.3) is 0 Å².